The SMILES string of the molecule is Cn1cc2c(-c3cc(F)c(Cc4cc(C(=O)N[C@H]5CCCC[C@@H]5O)nc5ccsc45)c(F)c3)cccc2n1. The number of hydrogen-bond acceptors (Lipinski definition) is 5. The van der Waals surface area contributed by atoms with Gasteiger partial charge in [0.15, 0.2) is 0 Å². The molecule has 5 aromatic rings. The molecule has 2 N–H and O–H groups in total. The van der Waals surface area contributed by atoms with Gasteiger partial charge in [-0.1, -0.05) is 25.0 Å². The third-order valence-corrected chi connectivity index (χ3v) is 8.23. The minimum atomic E-state index is -0.654. The van der Waals surface area contributed by atoms with E-state index in [-0.39, 0.29) is 23.7 Å². The summed E-state index contributed by atoms with van der Waals surface area (Å²) < 4.78 is 33.3. The van der Waals surface area contributed by atoms with Gasteiger partial charge in [-0.2, -0.15) is 5.10 Å². The van der Waals surface area contributed by atoms with E-state index in [1.807, 2.05) is 29.8 Å². The van der Waals surface area contributed by atoms with Crippen LogP contribution in [-0.4, -0.2) is 37.9 Å². The first-order valence-corrected chi connectivity index (χ1v) is 13.5. The summed E-state index contributed by atoms with van der Waals surface area (Å²) in [4.78, 5) is 17.5. The van der Waals surface area contributed by atoms with Crippen molar-refractivity contribution < 1.29 is 18.7 Å². The van der Waals surface area contributed by atoms with Crippen LogP contribution in [0.15, 0.2) is 54.0 Å². The molecule has 0 saturated heterocycles. The second-order valence-corrected chi connectivity index (χ2v) is 10.8. The number of aliphatic hydroxyl groups is 1. The Morgan fingerprint density at radius 1 is 1.13 bits per heavy atom. The monoisotopic (exact) mass is 532 g/mol. The minimum Gasteiger partial charge on any atom is -0.391 e. The maximum atomic E-state index is 15.4. The van der Waals surface area contributed by atoms with Crippen molar-refractivity contribution in [3.63, 3.8) is 0 Å². The lowest BCUT2D eigenvalue weighted by Gasteiger charge is -2.28. The van der Waals surface area contributed by atoms with Crippen LogP contribution < -0.4 is 5.32 Å². The maximum Gasteiger partial charge on any atom is 0.270 e. The first-order valence-electron chi connectivity index (χ1n) is 12.6. The van der Waals surface area contributed by atoms with Crippen molar-refractivity contribution in [2.24, 2.45) is 7.05 Å². The van der Waals surface area contributed by atoms with Crippen molar-refractivity contribution in [2.75, 3.05) is 0 Å². The maximum absolute atomic E-state index is 15.4. The molecule has 1 amide bonds. The Hall–Kier alpha value is -3.69. The number of carbonyl (C=O) groups excluding carboxylic acids is 1. The molecule has 9 heteroatoms. The number of pyridine rings is 1. The summed E-state index contributed by atoms with van der Waals surface area (Å²) in [6.07, 6.45) is 4.44. The van der Waals surface area contributed by atoms with Crippen molar-refractivity contribution in [3.8, 4) is 11.1 Å². The zero-order valence-corrected chi connectivity index (χ0v) is 21.6. The highest BCUT2D eigenvalue weighted by atomic mass is 32.1. The lowest BCUT2D eigenvalue weighted by Crippen LogP contribution is -2.45. The van der Waals surface area contributed by atoms with Crippen molar-refractivity contribution in [1.82, 2.24) is 20.1 Å². The van der Waals surface area contributed by atoms with Crippen LogP contribution in [0.4, 0.5) is 8.78 Å². The Morgan fingerprint density at radius 3 is 2.71 bits per heavy atom. The van der Waals surface area contributed by atoms with Gasteiger partial charge in [0, 0.05) is 30.6 Å². The lowest BCUT2D eigenvalue weighted by atomic mass is 9.92. The molecule has 3 aromatic heterocycles. The molecule has 1 saturated carbocycles. The average molecular weight is 533 g/mol. The van der Waals surface area contributed by atoms with Crippen LogP contribution in [0.5, 0.6) is 0 Å². The number of halogens is 2. The number of rotatable bonds is 5. The van der Waals surface area contributed by atoms with Crippen LogP contribution in [0.1, 0.15) is 47.3 Å². The van der Waals surface area contributed by atoms with E-state index in [1.54, 1.807) is 23.9 Å². The summed E-state index contributed by atoms with van der Waals surface area (Å²) in [5, 5.41) is 20.2. The van der Waals surface area contributed by atoms with E-state index in [2.05, 4.69) is 15.4 Å². The molecule has 1 aliphatic carbocycles. The quantitative estimate of drug-likeness (QED) is 0.302. The Kier molecular flexibility index (Phi) is 6.41. The Balaban J connectivity index is 1.34. The summed E-state index contributed by atoms with van der Waals surface area (Å²) in [6.45, 7) is 0. The summed E-state index contributed by atoms with van der Waals surface area (Å²) in [7, 11) is 1.81. The average Bonchev–Trinajstić information content (AvgIpc) is 3.52. The van der Waals surface area contributed by atoms with Crippen LogP contribution in [-0.2, 0) is 13.5 Å². The van der Waals surface area contributed by atoms with Gasteiger partial charge < -0.3 is 10.4 Å². The van der Waals surface area contributed by atoms with Gasteiger partial charge in [-0.25, -0.2) is 13.8 Å². The molecule has 0 spiro atoms. The van der Waals surface area contributed by atoms with Gasteiger partial charge in [0.2, 0.25) is 0 Å². The molecule has 6 rings (SSSR count). The largest absolute Gasteiger partial charge is 0.391 e. The Bertz CT molecular complexity index is 1660. The van der Waals surface area contributed by atoms with Gasteiger partial charge in [-0.3, -0.25) is 9.48 Å². The molecule has 0 radical (unpaired) electrons. The third kappa shape index (κ3) is 4.56. The molecule has 38 heavy (non-hydrogen) atoms. The predicted octanol–water partition coefficient (Wildman–Crippen LogP) is 5.75. The number of amides is 1. The molecule has 2 atom stereocenters. The topological polar surface area (TPSA) is 80.0 Å². The van der Waals surface area contributed by atoms with Gasteiger partial charge in [0.25, 0.3) is 5.91 Å². The molecule has 0 unspecified atom stereocenters. The van der Waals surface area contributed by atoms with Gasteiger partial charge in [-0.15, -0.1) is 11.3 Å². The number of hydrogen-bond donors (Lipinski definition) is 2. The summed E-state index contributed by atoms with van der Waals surface area (Å²) in [5.41, 5.74) is 3.21. The number of aromatic nitrogens is 3. The normalized spacial score (nSPS) is 17.8. The van der Waals surface area contributed by atoms with Crippen molar-refractivity contribution >= 4 is 38.4 Å². The van der Waals surface area contributed by atoms with Crippen molar-refractivity contribution in [3.05, 3.63) is 82.5 Å². The molecule has 0 bridgehead atoms. The molecule has 194 valence electrons. The summed E-state index contributed by atoms with van der Waals surface area (Å²) in [6, 6.07) is 11.3. The van der Waals surface area contributed by atoms with Gasteiger partial charge in [0.05, 0.1) is 27.9 Å². The van der Waals surface area contributed by atoms with E-state index in [9.17, 15) is 9.90 Å². The Morgan fingerprint density at radius 2 is 1.92 bits per heavy atom. The van der Waals surface area contributed by atoms with Gasteiger partial charge in [-0.05, 0) is 65.2 Å². The van der Waals surface area contributed by atoms with Crippen LogP contribution in [0.25, 0.3) is 32.2 Å². The molecular weight excluding hydrogens is 506 g/mol. The predicted molar refractivity (Wildman–Crippen MR) is 144 cm³/mol. The highest BCUT2D eigenvalue weighted by Crippen LogP contribution is 2.33. The fraction of sp³-hybridized carbons (Fsp3) is 0.276. The standard InChI is InChI=1S/C29H26F2N4O2S/c1-35-15-20-18(5-4-7-23(20)34-35)16-12-21(30)19(22(31)13-16)11-17-14-26(32-25-9-10-38-28(17)25)29(37)33-24-6-2-3-8-27(24)36/h4-5,7,9-10,12-15,24,27,36H,2-3,6,8,11H2,1H3,(H,33,37)/t24-,27-/m0/s1. The molecule has 3 heterocycles. The zero-order chi connectivity index (χ0) is 26.4. The number of thiophene rings is 1. The molecule has 0 aliphatic heterocycles. The van der Waals surface area contributed by atoms with Crippen LogP contribution in [0.2, 0.25) is 0 Å². The van der Waals surface area contributed by atoms with Crippen molar-refractivity contribution in [2.45, 2.75) is 44.2 Å². The molecular formula is C29H26F2N4O2S. The highest BCUT2D eigenvalue weighted by molar-refractivity contribution is 7.17. The van der Waals surface area contributed by atoms with Gasteiger partial charge in [0.1, 0.15) is 17.3 Å². The van der Waals surface area contributed by atoms with Gasteiger partial charge >= 0.3 is 0 Å². The van der Waals surface area contributed by atoms with E-state index in [0.717, 1.165) is 28.4 Å². The molecule has 1 fully saturated rings. The van der Waals surface area contributed by atoms with Crippen molar-refractivity contribution in [1.29, 1.82) is 0 Å². The number of aryl methyl sites for hydroxylation is 1. The highest BCUT2D eigenvalue weighted by Gasteiger charge is 2.26. The molecule has 2 aromatic carbocycles. The summed E-state index contributed by atoms with van der Waals surface area (Å²) in [5.74, 6) is -1.70. The number of aliphatic hydroxyl groups excluding tert-OH is 1. The minimum absolute atomic E-state index is 0.0269. The number of nitrogens with one attached hydrogen (secondary N) is 1. The number of carbonyl (C=O) groups is 1. The zero-order valence-electron chi connectivity index (χ0n) is 20.7. The fourth-order valence-corrected chi connectivity index (χ4v) is 6.17. The second-order valence-electron chi connectivity index (χ2n) is 9.87. The smallest absolute Gasteiger partial charge is 0.270 e. The molecule has 1 aliphatic rings. The number of fused-ring (bicyclic) bond motifs is 2. The fourth-order valence-electron chi connectivity index (χ4n) is 5.32. The van der Waals surface area contributed by atoms with Crippen LogP contribution in [0.3, 0.4) is 0 Å². The number of nitrogens with zero attached hydrogens (tertiary/aromatic N) is 3. The molecule has 6 nitrogen and oxygen atoms in total. The van der Waals surface area contributed by atoms with E-state index in [0.29, 0.717) is 35.0 Å². The van der Waals surface area contributed by atoms with E-state index in [1.165, 1.54) is 23.5 Å². The lowest BCUT2D eigenvalue weighted by molar-refractivity contribution is 0.0714. The Labute approximate surface area is 221 Å². The van der Waals surface area contributed by atoms with E-state index < -0.39 is 23.6 Å². The van der Waals surface area contributed by atoms with Crippen LogP contribution >= 0.6 is 11.3 Å². The van der Waals surface area contributed by atoms with E-state index in [4.69, 9.17) is 0 Å². The number of benzene rings is 2. The first-order chi connectivity index (χ1) is 18.4. The third-order valence-electron chi connectivity index (χ3n) is 7.25. The summed E-state index contributed by atoms with van der Waals surface area (Å²) >= 11 is 1.42. The second kappa shape index (κ2) is 9.89. The first kappa shape index (κ1) is 24.6. The van der Waals surface area contributed by atoms with Crippen LogP contribution in [0, 0.1) is 11.6 Å². The van der Waals surface area contributed by atoms with E-state index >= 15 is 8.78 Å².